The maximum Gasteiger partial charge on any atom is 0.128 e. The van der Waals surface area contributed by atoms with Gasteiger partial charge in [-0.3, -0.25) is 9.98 Å². The Morgan fingerprint density at radius 1 is 0.840 bits per heavy atom. The molecule has 2 aromatic rings. The van der Waals surface area contributed by atoms with E-state index < -0.39 is 0 Å². The van der Waals surface area contributed by atoms with Gasteiger partial charge in [-0.15, -0.1) is 0 Å². The van der Waals surface area contributed by atoms with Crippen molar-refractivity contribution < 1.29 is 20.4 Å². The third-order valence-electron chi connectivity index (χ3n) is 3.75. The van der Waals surface area contributed by atoms with E-state index in [1.807, 2.05) is 6.92 Å². The number of nitrogens with zero attached hydrogens (tertiary/aromatic N) is 2. The molecular weight excluding hydrogens is 320 g/mol. The molecule has 2 rings (SSSR count). The van der Waals surface area contributed by atoms with E-state index in [4.69, 9.17) is 0 Å². The van der Waals surface area contributed by atoms with Gasteiger partial charge in [0.15, 0.2) is 0 Å². The minimum Gasteiger partial charge on any atom is -0.508 e. The van der Waals surface area contributed by atoms with Crippen LogP contribution in [-0.2, 0) is 0 Å². The molecule has 0 radical (unpaired) electrons. The standard InChI is InChI=1S/C19H22N2O4/c1-11(21-13(3)17-7-5-15(23)9-19(17)25)10-20-12(2)16-6-4-14(22)8-18(16)24/h4-9,11,22-25H,10H2,1-3H3/t11-/m0/s1. The Hall–Kier alpha value is -3.02. The Bertz CT molecular complexity index is 828. The molecule has 0 aromatic heterocycles. The van der Waals surface area contributed by atoms with Gasteiger partial charge in [0.25, 0.3) is 0 Å². The van der Waals surface area contributed by atoms with E-state index in [9.17, 15) is 20.4 Å². The van der Waals surface area contributed by atoms with Crippen LogP contribution in [0.15, 0.2) is 46.4 Å². The van der Waals surface area contributed by atoms with Crippen LogP contribution in [0.25, 0.3) is 0 Å². The highest BCUT2D eigenvalue weighted by Gasteiger charge is 2.09. The monoisotopic (exact) mass is 342 g/mol. The first kappa shape index (κ1) is 18.3. The quantitative estimate of drug-likeness (QED) is 0.626. The lowest BCUT2D eigenvalue weighted by molar-refractivity contribution is 0.448. The van der Waals surface area contributed by atoms with Gasteiger partial charge >= 0.3 is 0 Å². The van der Waals surface area contributed by atoms with Gasteiger partial charge in [-0.05, 0) is 45.0 Å². The highest BCUT2D eigenvalue weighted by atomic mass is 16.3. The topological polar surface area (TPSA) is 106 Å². The summed E-state index contributed by atoms with van der Waals surface area (Å²) in [5.41, 5.74) is 2.40. The van der Waals surface area contributed by atoms with Gasteiger partial charge in [0.1, 0.15) is 23.0 Å². The summed E-state index contributed by atoms with van der Waals surface area (Å²) in [6.07, 6.45) is 0. The van der Waals surface area contributed by atoms with Crippen molar-refractivity contribution in [2.24, 2.45) is 9.98 Å². The maximum absolute atomic E-state index is 9.88. The third-order valence-corrected chi connectivity index (χ3v) is 3.75. The number of aromatic hydroxyl groups is 4. The fourth-order valence-corrected chi connectivity index (χ4v) is 2.45. The fourth-order valence-electron chi connectivity index (χ4n) is 2.45. The smallest absolute Gasteiger partial charge is 0.128 e. The molecule has 6 heteroatoms. The summed E-state index contributed by atoms with van der Waals surface area (Å²) < 4.78 is 0. The predicted molar refractivity (Wildman–Crippen MR) is 98.3 cm³/mol. The predicted octanol–water partition coefficient (Wildman–Crippen LogP) is 3.22. The van der Waals surface area contributed by atoms with Crippen LogP contribution >= 0.6 is 0 Å². The lowest BCUT2D eigenvalue weighted by Gasteiger charge is -2.10. The van der Waals surface area contributed by atoms with E-state index in [0.29, 0.717) is 29.1 Å². The summed E-state index contributed by atoms with van der Waals surface area (Å²) in [4.78, 5) is 8.94. The Balaban J connectivity index is 2.11. The van der Waals surface area contributed by atoms with E-state index in [1.165, 1.54) is 24.3 Å². The Labute approximate surface area is 146 Å². The Morgan fingerprint density at radius 3 is 1.80 bits per heavy atom. The summed E-state index contributed by atoms with van der Waals surface area (Å²) >= 11 is 0. The molecule has 1 atom stereocenters. The van der Waals surface area contributed by atoms with Gasteiger partial charge < -0.3 is 20.4 Å². The molecule has 0 fully saturated rings. The van der Waals surface area contributed by atoms with Crippen molar-refractivity contribution in [2.45, 2.75) is 26.8 Å². The molecule has 0 saturated carbocycles. The molecule has 4 N–H and O–H groups in total. The van der Waals surface area contributed by atoms with Crippen LogP contribution < -0.4 is 0 Å². The largest absolute Gasteiger partial charge is 0.508 e. The highest BCUT2D eigenvalue weighted by Crippen LogP contribution is 2.24. The van der Waals surface area contributed by atoms with Crippen LogP contribution in [0.4, 0.5) is 0 Å². The van der Waals surface area contributed by atoms with Crippen LogP contribution in [0, 0.1) is 0 Å². The van der Waals surface area contributed by atoms with Crippen LogP contribution in [0.3, 0.4) is 0 Å². The average molecular weight is 342 g/mol. The zero-order chi connectivity index (χ0) is 18.6. The van der Waals surface area contributed by atoms with Crippen molar-refractivity contribution in [3.8, 4) is 23.0 Å². The second-order valence-electron chi connectivity index (χ2n) is 5.89. The first-order valence-electron chi connectivity index (χ1n) is 7.88. The normalized spacial score (nSPS) is 13.7. The highest BCUT2D eigenvalue weighted by molar-refractivity contribution is 6.02. The van der Waals surface area contributed by atoms with Crippen molar-refractivity contribution in [1.29, 1.82) is 0 Å². The molecule has 0 heterocycles. The Kier molecular flexibility index (Phi) is 5.64. The molecule has 0 aliphatic heterocycles. The number of aliphatic imine (C=N–C) groups is 2. The molecule has 0 saturated heterocycles. The summed E-state index contributed by atoms with van der Waals surface area (Å²) in [7, 11) is 0. The van der Waals surface area contributed by atoms with Gasteiger partial charge in [-0.25, -0.2) is 0 Å². The maximum atomic E-state index is 9.88. The van der Waals surface area contributed by atoms with Gasteiger partial charge in [0.05, 0.1) is 12.6 Å². The summed E-state index contributed by atoms with van der Waals surface area (Å²) in [6.45, 7) is 5.86. The first-order valence-corrected chi connectivity index (χ1v) is 7.88. The lowest BCUT2D eigenvalue weighted by atomic mass is 10.1. The zero-order valence-corrected chi connectivity index (χ0v) is 14.4. The molecule has 25 heavy (non-hydrogen) atoms. The molecule has 0 spiro atoms. The number of rotatable bonds is 5. The third kappa shape index (κ3) is 4.73. The molecule has 0 unspecified atom stereocenters. The number of benzene rings is 2. The molecule has 132 valence electrons. The second kappa shape index (κ2) is 7.70. The number of hydrogen-bond donors (Lipinski definition) is 4. The van der Waals surface area contributed by atoms with Gasteiger partial charge in [-0.1, -0.05) is 0 Å². The van der Waals surface area contributed by atoms with Crippen molar-refractivity contribution >= 4 is 11.4 Å². The van der Waals surface area contributed by atoms with Crippen molar-refractivity contribution in [1.82, 2.24) is 0 Å². The van der Waals surface area contributed by atoms with E-state index in [2.05, 4.69) is 9.98 Å². The Morgan fingerprint density at radius 2 is 1.32 bits per heavy atom. The molecule has 0 bridgehead atoms. The number of phenols is 4. The van der Waals surface area contributed by atoms with E-state index >= 15 is 0 Å². The minimum absolute atomic E-state index is 0.00338. The van der Waals surface area contributed by atoms with Crippen LogP contribution in [-0.4, -0.2) is 44.4 Å². The zero-order valence-electron chi connectivity index (χ0n) is 14.4. The van der Waals surface area contributed by atoms with Crippen LogP contribution in [0.5, 0.6) is 23.0 Å². The SMILES string of the molecule is CC(=NC[C@H](C)N=C(C)c1ccc(O)cc1O)c1ccc(O)cc1O. The first-order chi connectivity index (χ1) is 11.8. The molecule has 6 nitrogen and oxygen atoms in total. The van der Waals surface area contributed by atoms with Crippen molar-refractivity contribution in [3.63, 3.8) is 0 Å². The molecule has 2 aromatic carbocycles. The fraction of sp³-hybridized carbons (Fsp3) is 0.263. The molecule has 0 aliphatic carbocycles. The van der Waals surface area contributed by atoms with E-state index in [-0.39, 0.29) is 29.0 Å². The summed E-state index contributed by atoms with van der Waals surface area (Å²) in [5, 5.41) is 38.4. The van der Waals surface area contributed by atoms with Gasteiger partial charge in [0.2, 0.25) is 0 Å². The summed E-state index contributed by atoms with van der Waals surface area (Å²) in [6, 6.07) is 8.61. The van der Waals surface area contributed by atoms with Gasteiger partial charge in [0, 0.05) is 34.7 Å². The number of phenolic OH excluding ortho intramolecular Hbond substituents is 4. The van der Waals surface area contributed by atoms with Gasteiger partial charge in [-0.2, -0.15) is 0 Å². The van der Waals surface area contributed by atoms with E-state index in [0.717, 1.165) is 0 Å². The van der Waals surface area contributed by atoms with Crippen LogP contribution in [0.2, 0.25) is 0 Å². The van der Waals surface area contributed by atoms with E-state index in [1.54, 1.807) is 26.0 Å². The van der Waals surface area contributed by atoms with Crippen LogP contribution in [0.1, 0.15) is 31.9 Å². The average Bonchev–Trinajstić information content (AvgIpc) is 2.52. The number of hydrogen-bond acceptors (Lipinski definition) is 6. The molecule has 0 amide bonds. The van der Waals surface area contributed by atoms with Crippen molar-refractivity contribution in [3.05, 3.63) is 47.5 Å². The minimum atomic E-state index is -0.137. The molecule has 0 aliphatic rings. The molecular formula is C19H22N2O4. The lowest BCUT2D eigenvalue weighted by Crippen LogP contribution is -2.09. The summed E-state index contributed by atoms with van der Waals surface area (Å²) in [5.74, 6) is -0.0582. The second-order valence-corrected chi connectivity index (χ2v) is 5.89. The van der Waals surface area contributed by atoms with Crippen molar-refractivity contribution in [2.75, 3.05) is 6.54 Å².